The molecule has 2 aromatic rings. The van der Waals surface area contributed by atoms with Crippen molar-refractivity contribution in [2.45, 2.75) is 0 Å². The van der Waals surface area contributed by atoms with Gasteiger partial charge in [0, 0.05) is 11.8 Å². The summed E-state index contributed by atoms with van der Waals surface area (Å²) in [6.07, 6.45) is 1.32. The maximum atomic E-state index is 11.7. The van der Waals surface area contributed by atoms with Crippen LogP contribution >= 0.6 is 11.8 Å². The smallest absolute Gasteiger partial charge is 0.265 e. The lowest BCUT2D eigenvalue weighted by Crippen LogP contribution is -2.21. The molecular weight excluding hydrogens is 216 g/mol. The summed E-state index contributed by atoms with van der Waals surface area (Å²) in [6, 6.07) is 8.85. The Morgan fingerprint density at radius 3 is 2.67 bits per heavy atom. The predicted octanol–water partition coefficient (Wildman–Crippen LogP) is 1.61. The van der Waals surface area contributed by atoms with Gasteiger partial charge in [-0.15, -0.1) is 5.10 Å². The van der Waals surface area contributed by atoms with Gasteiger partial charge in [0.05, 0.1) is 5.69 Å². The van der Waals surface area contributed by atoms with Crippen LogP contribution in [0.2, 0.25) is 0 Å². The van der Waals surface area contributed by atoms with E-state index in [1.54, 1.807) is 24.3 Å². The Labute approximate surface area is 90.8 Å². The number of hydrogen-bond acceptors (Lipinski definition) is 3. The molecule has 0 aliphatic carbocycles. The number of nitrogens with one attached hydrogen (secondary N) is 1. The van der Waals surface area contributed by atoms with Crippen molar-refractivity contribution in [1.29, 1.82) is 0 Å². The number of nitrogens with zero attached hydrogens (tertiary/aromatic N) is 3. The van der Waals surface area contributed by atoms with Crippen LogP contribution in [-0.4, -0.2) is 21.1 Å². The molecular formula is C9H7ClN4O. The predicted molar refractivity (Wildman–Crippen MR) is 55.5 cm³/mol. The lowest BCUT2D eigenvalue weighted by Gasteiger charge is -2.10. The monoisotopic (exact) mass is 222 g/mol. The van der Waals surface area contributed by atoms with E-state index >= 15 is 0 Å². The molecule has 76 valence electrons. The van der Waals surface area contributed by atoms with E-state index in [0.29, 0.717) is 5.69 Å². The highest BCUT2D eigenvalue weighted by molar-refractivity contribution is 6.38. The molecule has 0 saturated carbocycles. The molecule has 0 spiro atoms. The van der Waals surface area contributed by atoms with E-state index in [1.165, 1.54) is 6.33 Å². The summed E-state index contributed by atoms with van der Waals surface area (Å²) in [5.74, 6) is -0.432. The molecule has 1 aromatic heterocycles. The van der Waals surface area contributed by atoms with Crippen molar-refractivity contribution in [2.75, 3.05) is 4.42 Å². The Morgan fingerprint density at radius 2 is 2.07 bits per heavy atom. The van der Waals surface area contributed by atoms with Crippen molar-refractivity contribution < 1.29 is 4.79 Å². The summed E-state index contributed by atoms with van der Waals surface area (Å²) in [5.41, 5.74) is 0.578. The molecule has 0 unspecified atom stereocenters. The van der Waals surface area contributed by atoms with E-state index in [0.717, 1.165) is 4.42 Å². The summed E-state index contributed by atoms with van der Waals surface area (Å²) in [6.45, 7) is 0. The van der Waals surface area contributed by atoms with Gasteiger partial charge in [0.15, 0.2) is 0 Å². The third-order valence-corrected chi connectivity index (χ3v) is 2.12. The quantitative estimate of drug-likeness (QED) is 0.786. The third-order valence-electron chi connectivity index (χ3n) is 1.77. The number of para-hydroxylation sites is 1. The van der Waals surface area contributed by atoms with E-state index in [1.807, 2.05) is 6.07 Å². The first kappa shape index (κ1) is 9.67. The SMILES string of the molecule is O=C(c1nc[nH]n1)N(Cl)c1ccccc1. The van der Waals surface area contributed by atoms with Gasteiger partial charge >= 0.3 is 5.91 Å². The number of benzene rings is 1. The van der Waals surface area contributed by atoms with Gasteiger partial charge in [-0.05, 0) is 12.1 Å². The Morgan fingerprint density at radius 1 is 1.33 bits per heavy atom. The summed E-state index contributed by atoms with van der Waals surface area (Å²) in [5, 5.41) is 6.10. The van der Waals surface area contributed by atoms with Crippen LogP contribution in [0.3, 0.4) is 0 Å². The normalized spacial score (nSPS) is 9.93. The summed E-state index contributed by atoms with van der Waals surface area (Å²) >= 11 is 5.84. The number of hydrogen-bond donors (Lipinski definition) is 1. The average Bonchev–Trinajstić information content (AvgIpc) is 2.82. The minimum absolute atomic E-state index is 0.0360. The summed E-state index contributed by atoms with van der Waals surface area (Å²) in [7, 11) is 0. The number of anilines is 1. The van der Waals surface area contributed by atoms with Crippen molar-refractivity contribution in [3.05, 3.63) is 42.5 Å². The zero-order chi connectivity index (χ0) is 10.7. The van der Waals surface area contributed by atoms with Gasteiger partial charge in [0.25, 0.3) is 0 Å². The fourth-order valence-corrected chi connectivity index (χ4v) is 1.26. The van der Waals surface area contributed by atoms with Gasteiger partial charge in [-0.25, -0.2) is 9.40 Å². The van der Waals surface area contributed by atoms with Gasteiger partial charge in [0.2, 0.25) is 5.82 Å². The van der Waals surface area contributed by atoms with Crippen LogP contribution in [0.4, 0.5) is 5.69 Å². The summed E-state index contributed by atoms with van der Waals surface area (Å²) < 4.78 is 0.975. The second-order valence-electron chi connectivity index (χ2n) is 2.74. The molecule has 0 aliphatic heterocycles. The molecule has 2 rings (SSSR count). The average molecular weight is 223 g/mol. The molecule has 1 N–H and O–H groups in total. The van der Waals surface area contributed by atoms with Gasteiger partial charge in [-0.2, -0.15) is 0 Å². The van der Waals surface area contributed by atoms with E-state index in [4.69, 9.17) is 11.8 Å². The Hall–Kier alpha value is -1.88. The van der Waals surface area contributed by atoms with Crippen LogP contribution in [0.1, 0.15) is 10.6 Å². The number of aromatic nitrogens is 3. The number of amides is 1. The standard InChI is InChI=1S/C9H7ClN4O/c10-14(7-4-2-1-3-5-7)9(15)8-11-6-12-13-8/h1-6H,(H,11,12,13). The highest BCUT2D eigenvalue weighted by atomic mass is 35.5. The number of carbonyl (C=O) groups excluding carboxylic acids is 1. The summed E-state index contributed by atoms with van der Waals surface area (Å²) in [4.78, 5) is 15.4. The second-order valence-corrected chi connectivity index (χ2v) is 3.08. The molecule has 1 aromatic carbocycles. The number of H-pyrrole nitrogens is 1. The van der Waals surface area contributed by atoms with Crippen LogP contribution in [0.5, 0.6) is 0 Å². The van der Waals surface area contributed by atoms with Gasteiger partial charge in [0.1, 0.15) is 6.33 Å². The first-order valence-electron chi connectivity index (χ1n) is 4.20. The fourth-order valence-electron chi connectivity index (χ4n) is 1.08. The first-order chi connectivity index (χ1) is 7.29. The van der Waals surface area contributed by atoms with E-state index in [9.17, 15) is 4.79 Å². The molecule has 0 saturated heterocycles. The molecule has 0 aliphatic rings. The molecule has 1 heterocycles. The Balaban J connectivity index is 2.23. The van der Waals surface area contributed by atoms with Crippen molar-refractivity contribution in [3.63, 3.8) is 0 Å². The van der Waals surface area contributed by atoms with Gasteiger partial charge < -0.3 is 0 Å². The highest BCUT2D eigenvalue weighted by Gasteiger charge is 2.18. The number of halogens is 1. The van der Waals surface area contributed by atoms with Crippen molar-refractivity contribution in [1.82, 2.24) is 15.2 Å². The maximum absolute atomic E-state index is 11.7. The minimum atomic E-state index is -0.468. The van der Waals surface area contributed by atoms with Gasteiger partial charge in [-0.3, -0.25) is 9.89 Å². The maximum Gasteiger partial charge on any atom is 0.312 e. The highest BCUT2D eigenvalue weighted by Crippen LogP contribution is 2.17. The molecule has 0 atom stereocenters. The lowest BCUT2D eigenvalue weighted by molar-refractivity contribution is 0.0996. The van der Waals surface area contributed by atoms with Crippen LogP contribution in [0, 0.1) is 0 Å². The molecule has 15 heavy (non-hydrogen) atoms. The number of aromatic amines is 1. The zero-order valence-electron chi connectivity index (χ0n) is 7.59. The van der Waals surface area contributed by atoms with E-state index in [-0.39, 0.29) is 5.82 Å². The molecule has 0 radical (unpaired) electrons. The van der Waals surface area contributed by atoms with Crippen LogP contribution in [0.15, 0.2) is 36.7 Å². The van der Waals surface area contributed by atoms with Crippen LogP contribution in [0.25, 0.3) is 0 Å². The van der Waals surface area contributed by atoms with Crippen molar-refractivity contribution in [2.24, 2.45) is 0 Å². The van der Waals surface area contributed by atoms with Crippen LogP contribution < -0.4 is 4.42 Å². The van der Waals surface area contributed by atoms with Crippen molar-refractivity contribution in [3.8, 4) is 0 Å². The molecule has 0 bridgehead atoms. The third kappa shape index (κ3) is 1.97. The molecule has 1 amide bonds. The first-order valence-corrected chi connectivity index (χ1v) is 4.54. The largest absolute Gasteiger partial charge is 0.312 e. The fraction of sp³-hybridized carbons (Fsp3) is 0. The zero-order valence-corrected chi connectivity index (χ0v) is 8.35. The molecule has 5 nitrogen and oxygen atoms in total. The molecule has 0 fully saturated rings. The minimum Gasteiger partial charge on any atom is -0.265 e. The lowest BCUT2D eigenvalue weighted by atomic mass is 10.3. The van der Waals surface area contributed by atoms with E-state index in [2.05, 4.69) is 15.2 Å². The van der Waals surface area contributed by atoms with E-state index < -0.39 is 5.91 Å². The Bertz CT molecular complexity index is 442. The number of carbonyl (C=O) groups is 1. The van der Waals surface area contributed by atoms with Crippen LogP contribution in [-0.2, 0) is 0 Å². The topological polar surface area (TPSA) is 61.9 Å². The van der Waals surface area contributed by atoms with Crippen molar-refractivity contribution >= 4 is 23.4 Å². The number of rotatable bonds is 2. The second kappa shape index (κ2) is 4.10. The van der Waals surface area contributed by atoms with Gasteiger partial charge in [-0.1, -0.05) is 18.2 Å². The Kier molecular flexibility index (Phi) is 2.64. The molecule has 6 heteroatoms.